The van der Waals surface area contributed by atoms with Gasteiger partial charge in [-0.25, -0.2) is 13.1 Å². The van der Waals surface area contributed by atoms with E-state index in [2.05, 4.69) is 10.0 Å². The molecule has 2 N–H and O–H groups in total. The van der Waals surface area contributed by atoms with Crippen LogP contribution in [0.5, 0.6) is 11.5 Å². The number of rotatable bonds is 7. The summed E-state index contributed by atoms with van der Waals surface area (Å²) >= 11 is 5.90. The molecule has 0 aliphatic heterocycles. The Balaban J connectivity index is 2.03. The first-order valence-corrected chi connectivity index (χ1v) is 9.40. The Morgan fingerprint density at radius 1 is 1.08 bits per heavy atom. The molecule has 2 aromatic rings. The van der Waals surface area contributed by atoms with Gasteiger partial charge in [-0.1, -0.05) is 11.6 Å². The standard InChI is InChI=1S/C17H19ClN2O5S/c1-11-8-13(5-6-14(11)18)26(22,23)19-10-17(21)20-12-4-7-15(24-2)16(9-12)25-3/h4-9,19H,10H2,1-3H3,(H,20,21). The molecule has 0 heterocycles. The Morgan fingerprint density at radius 2 is 1.77 bits per heavy atom. The van der Waals surface area contributed by atoms with E-state index in [9.17, 15) is 13.2 Å². The van der Waals surface area contributed by atoms with Crippen molar-refractivity contribution in [2.45, 2.75) is 11.8 Å². The molecule has 0 fully saturated rings. The van der Waals surface area contributed by atoms with E-state index in [-0.39, 0.29) is 4.90 Å². The zero-order chi connectivity index (χ0) is 19.3. The molecule has 140 valence electrons. The predicted octanol–water partition coefficient (Wildman–Crippen LogP) is 2.58. The number of amides is 1. The highest BCUT2D eigenvalue weighted by molar-refractivity contribution is 7.89. The number of benzene rings is 2. The third kappa shape index (κ3) is 4.87. The monoisotopic (exact) mass is 398 g/mol. The van der Waals surface area contributed by atoms with Gasteiger partial charge in [-0.3, -0.25) is 4.79 Å². The molecule has 0 unspecified atom stereocenters. The van der Waals surface area contributed by atoms with Crippen LogP contribution < -0.4 is 19.5 Å². The van der Waals surface area contributed by atoms with Crippen LogP contribution in [0.15, 0.2) is 41.3 Å². The number of methoxy groups -OCH3 is 2. The number of aryl methyl sites for hydroxylation is 1. The zero-order valence-electron chi connectivity index (χ0n) is 14.5. The Bertz CT molecular complexity index is 915. The van der Waals surface area contributed by atoms with Crippen LogP contribution in [-0.4, -0.2) is 35.1 Å². The van der Waals surface area contributed by atoms with Gasteiger partial charge in [0.25, 0.3) is 0 Å². The lowest BCUT2D eigenvalue weighted by Gasteiger charge is -2.11. The lowest BCUT2D eigenvalue weighted by Crippen LogP contribution is -2.32. The van der Waals surface area contributed by atoms with E-state index < -0.39 is 22.5 Å². The first kappa shape index (κ1) is 20.0. The Kier molecular flexibility index (Phi) is 6.47. The summed E-state index contributed by atoms with van der Waals surface area (Å²) in [4.78, 5) is 12.1. The molecule has 2 aromatic carbocycles. The van der Waals surface area contributed by atoms with Crippen LogP contribution in [-0.2, 0) is 14.8 Å². The molecule has 0 aromatic heterocycles. The zero-order valence-corrected chi connectivity index (χ0v) is 16.1. The minimum absolute atomic E-state index is 0.0401. The van der Waals surface area contributed by atoms with Crippen molar-refractivity contribution in [3.05, 3.63) is 47.0 Å². The van der Waals surface area contributed by atoms with Gasteiger partial charge in [0.2, 0.25) is 15.9 Å². The van der Waals surface area contributed by atoms with Gasteiger partial charge in [0.05, 0.1) is 25.7 Å². The molecule has 0 spiro atoms. The van der Waals surface area contributed by atoms with Gasteiger partial charge in [0, 0.05) is 16.8 Å². The Labute approximate surface area is 157 Å². The van der Waals surface area contributed by atoms with Gasteiger partial charge in [0.1, 0.15) is 0 Å². The van der Waals surface area contributed by atoms with Crippen molar-refractivity contribution in [1.82, 2.24) is 4.72 Å². The SMILES string of the molecule is COc1ccc(NC(=O)CNS(=O)(=O)c2ccc(Cl)c(C)c2)cc1OC. The lowest BCUT2D eigenvalue weighted by molar-refractivity contribution is -0.115. The van der Waals surface area contributed by atoms with Crippen LogP contribution in [0.2, 0.25) is 5.02 Å². The van der Waals surface area contributed by atoms with Crippen LogP contribution in [0.1, 0.15) is 5.56 Å². The number of ether oxygens (including phenoxy) is 2. The summed E-state index contributed by atoms with van der Waals surface area (Å²) in [5, 5.41) is 3.06. The van der Waals surface area contributed by atoms with E-state index in [1.807, 2.05) is 0 Å². The maximum atomic E-state index is 12.3. The molecule has 26 heavy (non-hydrogen) atoms. The van der Waals surface area contributed by atoms with Crippen LogP contribution in [0.4, 0.5) is 5.69 Å². The van der Waals surface area contributed by atoms with Crippen LogP contribution in [0, 0.1) is 6.92 Å². The van der Waals surface area contributed by atoms with Gasteiger partial charge < -0.3 is 14.8 Å². The molecule has 0 aliphatic rings. The third-order valence-electron chi connectivity index (χ3n) is 3.53. The highest BCUT2D eigenvalue weighted by Gasteiger charge is 2.16. The average molecular weight is 399 g/mol. The first-order valence-electron chi connectivity index (χ1n) is 7.54. The van der Waals surface area contributed by atoms with Crippen molar-refractivity contribution >= 4 is 33.2 Å². The summed E-state index contributed by atoms with van der Waals surface area (Å²) in [7, 11) is -0.843. The minimum atomic E-state index is -3.82. The lowest BCUT2D eigenvalue weighted by atomic mass is 10.2. The molecule has 9 heteroatoms. The molecule has 2 rings (SSSR count). The maximum absolute atomic E-state index is 12.3. The number of hydrogen-bond acceptors (Lipinski definition) is 5. The molecule has 0 saturated carbocycles. The number of nitrogens with one attached hydrogen (secondary N) is 2. The van der Waals surface area contributed by atoms with Crippen molar-refractivity contribution in [3.8, 4) is 11.5 Å². The van der Waals surface area contributed by atoms with E-state index in [0.717, 1.165) is 0 Å². The normalized spacial score (nSPS) is 11.1. The molecular weight excluding hydrogens is 380 g/mol. The predicted molar refractivity (Wildman–Crippen MR) is 99.6 cm³/mol. The average Bonchev–Trinajstić information content (AvgIpc) is 2.62. The molecular formula is C17H19ClN2O5S. The number of carbonyl (C=O) groups is 1. The Hall–Kier alpha value is -2.29. The number of halogens is 1. The van der Waals surface area contributed by atoms with E-state index in [0.29, 0.717) is 27.8 Å². The van der Waals surface area contributed by atoms with E-state index in [4.69, 9.17) is 21.1 Å². The summed E-state index contributed by atoms with van der Waals surface area (Å²) in [5.41, 5.74) is 1.08. The quantitative estimate of drug-likeness (QED) is 0.747. The fraction of sp³-hybridized carbons (Fsp3) is 0.235. The van der Waals surface area contributed by atoms with Gasteiger partial charge in [-0.05, 0) is 42.8 Å². The summed E-state index contributed by atoms with van der Waals surface area (Å²) in [6, 6.07) is 9.15. The van der Waals surface area contributed by atoms with Gasteiger partial charge in [-0.15, -0.1) is 0 Å². The minimum Gasteiger partial charge on any atom is -0.493 e. The number of sulfonamides is 1. The highest BCUT2D eigenvalue weighted by atomic mass is 35.5. The summed E-state index contributed by atoms with van der Waals surface area (Å²) in [6.45, 7) is 1.28. The number of hydrogen-bond donors (Lipinski definition) is 2. The van der Waals surface area contributed by atoms with Gasteiger partial charge in [0.15, 0.2) is 11.5 Å². The molecule has 0 bridgehead atoms. The third-order valence-corrected chi connectivity index (χ3v) is 5.35. The second kappa shape index (κ2) is 8.39. The van der Waals surface area contributed by atoms with Crippen molar-refractivity contribution in [2.75, 3.05) is 26.1 Å². The number of carbonyl (C=O) groups excluding carboxylic acids is 1. The summed E-state index contributed by atoms with van der Waals surface area (Å²) in [6.07, 6.45) is 0. The smallest absolute Gasteiger partial charge is 0.241 e. The first-order chi connectivity index (χ1) is 12.3. The van der Waals surface area contributed by atoms with Crippen LogP contribution in [0.25, 0.3) is 0 Å². The van der Waals surface area contributed by atoms with E-state index >= 15 is 0 Å². The van der Waals surface area contributed by atoms with Gasteiger partial charge >= 0.3 is 0 Å². The molecule has 0 aliphatic carbocycles. The summed E-state index contributed by atoms with van der Waals surface area (Å²) in [5.74, 6) is 0.443. The van der Waals surface area contributed by atoms with E-state index in [1.165, 1.54) is 32.4 Å². The summed E-state index contributed by atoms with van der Waals surface area (Å²) < 4.78 is 37.1. The largest absolute Gasteiger partial charge is 0.493 e. The van der Waals surface area contributed by atoms with Gasteiger partial charge in [-0.2, -0.15) is 0 Å². The molecule has 7 nitrogen and oxygen atoms in total. The van der Waals surface area contributed by atoms with E-state index in [1.54, 1.807) is 25.1 Å². The molecule has 0 saturated heterocycles. The molecule has 0 radical (unpaired) electrons. The van der Waals surface area contributed by atoms with Crippen molar-refractivity contribution in [2.24, 2.45) is 0 Å². The maximum Gasteiger partial charge on any atom is 0.241 e. The second-order valence-corrected chi connectivity index (χ2v) is 7.53. The van der Waals surface area contributed by atoms with Crippen molar-refractivity contribution in [3.63, 3.8) is 0 Å². The number of anilines is 1. The Morgan fingerprint density at radius 3 is 2.38 bits per heavy atom. The fourth-order valence-corrected chi connectivity index (χ4v) is 3.33. The van der Waals surface area contributed by atoms with Crippen LogP contribution in [0.3, 0.4) is 0 Å². The van der Waals surface area contributed by atoms with Crippen LogP contribution >= 0.6 is 11.6 Å². The fourth-order valence-electron chi connectivity index (χ4n) is 2.15. The van der Waals surface area contributed by atoms with Crippen molar-refractivity contribution < 1.29 is 22.7 Å². The van der Waals surface area contributed by atoms with Crippen molar-refractivity contribution in [1.29, 1.82) is 0 Å². The molecule has 1 amide bonds. The topological polar surface area (TPSA) is 93.7 Å². The molecule has 0 atom stereocenters. The highest BCUT2D eigenvalue weighted by Crippen LogP contribution is 2.29. The second-order valence-electron chi connectivity index (χ2n) is 5.35.